The first kappa shape index (κ1) is 31.8. The second-order valence-corrected chi connectivity index (χ2v) is 12.8. The number of methoxy groups -OCH3 is 1. The Morgan fingerprint density at radius 3 is 1.93 bits per heavy atom. The first-order chi connectivity index (χ1) is 20.3. The molecule has 0 saturated heterocycles. The number of alkyl halides is 2. The van der Waals surface area contributed by atoms with E-state index in [0.29, 0.717) is 11.4 Å². The molecule has 0 fully saturated rings. The molecule has 0 spiro atoms. The maximum atomic E-state index is 14.1. The summed E-state index contributed by atoms with van der Waals surface area (Å²) in [6.45, 7) is 0. The molecule has 4 aromatic carbocycles. The number of rotatable bonds is 12. The van der Waals surface area contributed by atoms with E-state index in [1.165, 1.54) is 24.3 Å². The van der Waals surface area contributed by atoms with Crippen molar-refractivity contribution in [1.82, 2.24) is 4.72 Å². The van der Waals surface area contributed by atoms with Crippen LogP contribution in [0.2, 0.25) is 0 Å². The van der Waals surface area contributed by atoms with Crippen molar-refractivity contribution >= 4 is 40.6 Å². The maximum absolute atomic E-state index is 14.1. The van der Waals surface area contributed by atoms with Gasteiger partial charge in [0.05, 0.1) is 12.0 Å². The molecule has 0 aliphatic rings. The predicted molar refractivity (Wildman–Crippen MR) is 158 cm³/mol. The van der Waals surface area contributed by atoms with Gasteiger partial charge in [-0.1, -0.05) is 42.5 Å². The van der Waals surface area contributed by atoms with E-state index in [1.54, 1.807) is 49.6 Å². The lowest BCUT2D eigenvalue weighted by molar-refractivity contribution is -0.117. The molecule has 0 aromatic heterocycles. The standard InChI is InChI=1S/C29H28F2N3O7PS/c1-41-25-17-15-23(16-18-25)32-22-11-13-24(14-12-22)33-28(35)27(34-43(39,40)26-5-3-2-4-6-26)19-20-7-9-21(10-8-20)29(30,31)42(36,37)38/h2-18,27,32,34H,19H2,1H3,(H,33,35)(H2,36,37,38)/t27-/m0/s1. The monoisotopic (exact) mass is 631 g/mol. The van der Waals surface area contributed by atoms with Crippen LogP contribution in [0.15, 0.2) is 108 Å². The van der Waals surface area contributed by atoms with Crippen molar-refractivity contribution in [2.45, 2.75) is 23.0 Å². The number of nitrogens with one attached hydrogen (secondary N) is 3. The predicted octanol–water partition coefficient (Wildman–Crippen LogP) is 5.19. The van der Waals surface area contributed by atoms with Gasteiger partial charge in [0.2, 0.25) is 15.9 Å². The zero-order chi connectivity index (χ0) is 31.3. The Kier molecular flexibility index (Phi) is 9.63. The van der Waals surface area contributed by atoms with E-state index in [0.717, 1.165) is 35.6 Å². The first-order valence-corrected chi connectivity index (χ1v) is 15.8. The minimum absolute atomic E-state index is 0.0848. The molecule has 5 N–H and O–H groups in total. The molecule has 1 atom stereocenters. The molecular formula is C29H28F2N3O7PS. The number of ether oxygens (including phenoxy) is 1. The van der Waals surface area contributed by atoms with E-state index in [4.69, 9.17) is 14.5 Å². The molecule has 10 nitrogen and oxygen atoms in total. The SMILES string of the molecule is COc1ccc(Nc2ccc(NC(=O)[C@H](Cc3ccc(C(F)(F)P(=O)(O)O)cc3)NS(=O)(=O)c3ccccc3)cc2)cc1. The zero-order valence-electron chi connectivity index (χ0n) is 22.6. The lowest BCUT2D eigenvalue weighted by atomic mass is 10.0. The highest BCUT2D eigenvalue weighted by molar-refractivity contribution is 7.89. The Hall–Kier alpha value is -4.13. The molecule has 4 rings (SSSR count). The van der Waals surface area contributed by atoms with Crippen molar-refractivity contribution in [3.05, 3.63) is 114 Å². The van der Waals surface area contributed by atoms with Crippen molar-refractivity contribution in [1.29, 1.82) is 0 Å². The highest BCUT2D eigenvalue weighted by atomic mass is 32.2. The Morgan fingerprint density at radius 2 is 1.40 bits per heavy atom. The van der Waals surface area contributed by atoms with Crippen molar-refractivity contribution < 1.29 is 41.1 Å². The number of hydrogen-bond donors (Lipinski definition) is 5. The van der Waals surface area contributed by atoms with E-state index in [1.807, 2.05) is 12.1 Å². The molecule has 14 heteroatoms. The fourth-order valence-corrected chi connectivity index (χ4v) is 5.70. The molecule has 0 bridgehead atoms. The number of benzene rings is 4. The van der Waals surface area contributed by atoms with Gasteiger partial charge in [-0.15, -0.1) is 0 Å². The van der Waals surface area contributed by atoms with Crippen LogP contribution in [0.3, 0.4) is 0 Å². The Bertz CT molecular complexity index is 1700. The molecule has 0 saturated carbocycles. The molecule has 0 heterocycles. The molecule has 43 heavy (non-hydrogen) atoms. The van der Waals surface area contributed by atoms with Crippen LogP contribution in [0.5, 0.6) is 5.75 Å². The summed E-state index contributed by atoms with van der Waals surface area (Å²) in [5.41, 5.74) is -3.18. The van der Waals surface area contributed by atoms with E-state index >= 15 is 0 Å². The third-order valence-electron chi connectivity index (χ3n) is 6.31. The molecule has 0 aliphatic heterocycles. The van der Waals surface area contributed by atoms with Gasteiger partial charge in [0.15, 0.2) is 0 Å². The summed E-state index contributed by atoms with van der Waals surface area (Å²) in [5.74, 6) is -0.0175. The number of carbonyl (C=O) groups excluding carboxylic acids is 1. The second-order valence-electron chi connectivity index (χ2n) is 9.39. The van der Waals surface area contributed by atoms with Crippen LogP contribution in [0, 0.1) is 0 Å². The Morgan fingerprint density at radius 1 is 0.860 bits per heavy atom. The average Bonchev–Trinajstić information content (AvgIpc) is 2.98. The van der Waals surface area contributed by atoms with Gasteiger partial charge in [-0.25, -0.2) is 8.42 Å². The van der Waals surface area contributed by atoms with Gasteiger partial charge >= 0.3 is 13.3 Å². The van der Waals surface area contributed by atoms with Gasteiger partial charge < -0.3 is 25.2 Å². The molecular weight excluding hydrogens is 603 g/mol. The highest BCUT2D eigenvalue weighted by Gasteiger charge is 2.50. The maximum Gasteiger partial charge on any atom is 0.399 e. The number of amides is 1. The molecule has 0 radical (unpaired) electrons. The molecule has 4 aromatic rings. The Labute approximate surface area is 246 Å². The van der Waals surface area contributed by atoms with Crippen LogP contribution in [0.4, 0.5) is 25.8 Å². The summed E-state index contributed by atoms with van der Waals surface area (Å²) < 4.78 is 73.0. The fraction of sp³-hybridized carbons (Fsp3) is 0.138. The van der Waals surface area contributed by atoms with Gasteiger partial charge in [0, 0.05) is 22.6 Å². The summed E-state index contributed by atoms with van der Waals surface area (Å²) in [6, 6.07) is 23.8. The lowest BCUT2D eigenvalue weighted by Crippen LogP contribution is -2.45. The smallest absolute Gasteiger partial charge is 0.399 e. The van der Waals surface area contributed by atoms with Gasteiger partial charge in [-0.3, -0.25) is 9.36 Å². The van der Waals surface area contributed by atoms with Gasteiger partial charge in [0.25, 0.3) is 0 Å². The fourth-order valence-electron chi connectivity index (χ4n) is 4.00. The lowest BCUT2D eigenvalue weighted by Gasteiger charge is -2.20. The molecule has 226 valence electrons. The second kappa shape index (κ2) is 13.0. The first-order valence-electron chi connectivity index (χ1n) is 12.7. The summed E-state index contributed by atoms with van der Waals surface area (Å²) in [4.78, 5) is 31.2. The van der Waals surface area contributed by atoms with Crippen molar-refractivity contribution in [2.75, 3.05) is 17.7 Å². The summed E-state index contributed by atoms with van der Waals surface area (Å²) in [7, 11) is -8.37. The molecule has 0 unspecified atom stereocenters. The van der Waals surface area contributed by atoms with E-state index in [-0.39, 0.29) is 16.9 Å². The summed E-state index contributed by atoms with van der Waals surface area (Å²) in [5, 5.41) is 5.87. The van der Waals surface area contributed by atoms with Crippen LogP contribution in [-0.4, -0.2) is 37.3 Å². The zero-order valence-corrected chi connectivity index (χ0v) is 24.4. The van der Waals surface area contributed by atoms with Crippen LogP contribution >= 0.6 is 7.60 Å². The number of halogens is 2. The van der Waals surface area contributed by atoms with E-state index in [9.17, 15) is 26.6 Å². The largest absolute Gasteiger partial charge is 0.497 e. The molecule has 1 amide bonds. The van der Waals surface area contributed by atoms with Crippen LogP contribution in [0.25, 0.3) is 0 Å². The number of hydrogen-bond acceptors (Lipinski definition) is 6. The summed E-state index contributed by atoms with van der Waals surface area (Å²) >= 11 is 0. The number of carbonyl (C=O) groups is 1. The minimum Gasteiger partial charge on any atom is -0.497 e. The average molecular weight is 632 g/mol. The van der Waals surface area contributed by atoms with Crippen molar-refractivity contribution in [3.8, 4) is 5.75 Å². The number of sulfonamides is 1. The third kappa shape index (κ3) is 8.04. The highest BCUT2D eigenvalue weighted by Crippen LogP contribution is 2.59. The van der Waals surface area contributed by atoms with Crippen LogP contribution < -0.4 is 20.1 Å². The van der Waals surface area contributed by atoms with E-state index < -0.39 is 40.8 Å². The van der Waals surface area contributed by atoms with Crippen molar-refractivity contribution in [3.63, 3.8) is 0 Å². The summed E-state index contributed by atoms with van der Waals surface area (Å²) in [6.07, 6.45) is -0.253. The quantitative estimate of drug-likeness (QED) is 0.134. The van der Waals surface area contributed by atoms with E-state index in [2.05, 4.69) is 15.4 Å². The Balaban J connectivity index is 1.53. The van der Waals surface area contributed by atoms with Gasteiger partial charge in [-0.05, 0) is 72.6 Å². The normalized spacial score (nSPS) is 12.8. The third-order valence-corrected chi connectivity index (χ3v) is 8.78. The van der Waals surface area contributed by atoms with Crippen molar-refractivity contribution in [2.24, 2.45) is 0 Å². The number of anilines is 3. The minimum atomic E-state index is -5.78. The topological polar surface area (TPSA) is 154 Å². The van der Waals surface area contributed by atoms with Gasteiger partial charge in [0.1, 0.15) is 11.8 Å². The van der Waals surface area contributed by atoms with Crippen LogP contribution in [-0.2, 0) is 31.5 Å². The van der Waals surface area contributed by atoms with Crippen LogP contribution in [0.1, 0.15) is 11.1 Å². The molecule has 0 aliphatic carbocycles. The van der Waals surface area contributed by atoms with Gasteiger partial charge in [-0.2, -0.15) is 13.5 Å².